The standard InChI is InChI=1S/C20H21N3O2S/c1-15-18(26-20(23-15)17-9-5-6-12-21-17)10-13-22-19(24)11-14-25-16-7-3-2-4-8-16/h2-9,12H,10-11,13-14H2,1H3,(H,22,24). The Bertz CT molecular complexity index is 835. The molecule has 0 aliphatic heterocycles. The molecular weight excluding hydrogens is 346 g/mol. The molecular formula is C20H21N3O2S. The Balaban J connectivity index is 1.42. The molecule has 2 heterocycles. The summed E-state index contributed by atoms with van der Waals surface area (Å²) < 4.78 is 5.54. The molecule has 26 heavy (non-hydrogen) atoms. The van der Waals surface area contributed by atoms with Gasteiger partial charge in [-0.2, -0.15) is 0 Å². The molecule has 0 saturated carbocycles. The van der Waals surface area contributed by atoms with E-state index in [0.717, 1.165) is 28.6 Å². The van der Waals surface area contributed by atoms with Gasteiger partial charge in [0, 0.05) is 24.0 Å². The van der Waals surface area contributed by atoms with Crippen molar-refractivity contribution < 1.29 is 9.53 Å². The number of carbonyl (C=O) groups is 1. The molecule has 2 aromatic heterocycles. The van der Waals surface area contributed by atoms with E-state index in [1.54, 1.807) is 17.5 Å². The van der Waals surface area contributed by atoms with E-state index in [1.165, 1.54) is 4.88 Å². The summed E-state index contributed by atoms with van der Waals surface area (Å²) in [6.45, 7) is 2.96. The highest BCUT2D eigenvalue weighted by molar-refractivity contribution is 7.15. The number of aromatic nitrogens is 2. The number of hydrogen-bond donors (Lipinski definition) is 1. The topological polar surface area (TPSA) is 64.1 Å². The largest absolute Gasteiger partial charge is 0.493 e. The number of nitrogens with zero attached hydrogens (tertiary/aromatic N) is 2. The molecule has 3 aromatic rings. The lowest BCUT2D eigenvalue weighted by Gasteiger charge is -2.07. The second-order valence-corrected chi connectivity index (χ2v) is 6.84. The van der Waals surface area contributed by atoms with Crippen LogP contribution in [0.4, 0.5) is 0 Å². The van der Waals surface area contributed by atoms with Crippen molar-refractivity contribution in [3.8, 4) is 16.5 Å². The van der Waals surface area contributed by atoms with Crippen molar-refractivity contribution in [1.29, 1.82) is 0 Å². The number of nitrogens with one attached hydrogen (secondary N) is 1. The second-order valence-electron chi connectivity index (χ2n) is 5.75. The van der Waals surface area contributed by atoms with Crippen molar-refractivity contribution in [3.05, 3.63) is 65.3 Å². The Morgan fingerprint density at radius 1 is 1.15 bits per heavy atom. The van der Waals surface area contributed by atoms with Crippen LogP contribution in [0.15, 0.2) is 54.7 Å². The molecule has 3 rings (SSSR count). The van der Waals surface area contributed by atoms with Gasteiger partial charge in [-0.25, -0.2) is 4.98 Å². The summed E-state index contributed by atoms with van der Waals surface area (Å²) in [6, 6.07) is 15.3. The van der Waals surface area contributed by atoms with E-state index in [9.17, 15) is 4.79 Å². The van der Waals surface area contributed by atoms with Crippen LogP contribution < -0.4 is 10.1 Å². The van der Waals surface area contributed by atoms with E-state index in [0.29, 0.717) is 19.6 Å². The van der Waals surface area contributed by atoms with Crippen LogP contribution in [0, 0.1) is 6.92 Å². The molecule has 0 saturated heterocycles. The first-order chi connectivity index (χ1) is 12.7. The molecule has 1 amide bonds. The number of para-hydroxylation sites is 1. The molecule has 1 aromatic carbocycles. The smallest absolute Gasteiger partial charge is 0.223 e. The van der Waals surface area contributed by atoms with Crippen LogP contribution >= 0.6 is 11.3 Å². The summed E-state index contributed by atoms with van der Waals surface area (Å²) in [5, 5.41) is 3.86. The Morgan fingerprint density at radius 2 is 1.96 bits per heavy atom. The molecule has 0 bridgehead atoms. The van der Waals surface area contributed by atoms with Gasteiger partial charge in [-0.15, -0.1) is 11.3 Å². The molecule has 0 radical (unpaired) electrons. The molecule has 0 fully saturated rings. The fourth-order valence-electron chi connectivity index (χ4n) is 2.44. The van der Waals surface area contributed by atoms with E-state index in [1.807, 2.05) is 55.5 Å². The third-order valence-electron chi connectivity index (χ3n) is 3.79. The highest BCUT2D eigenvalue weighted by atomic mass is 32.1. The lowest BCUT2D eigenvalue weighted by molar-refractivity contribution is -0.121. The van der Waals surface area contributed by atoms with Crippen molar-refractivity contribution in [2.75, 3.05) is 13.2 Å². The van der Waals surface area contributed by atoms with Gasteiger partial charge in [-0.05, 0) is 31.2 Å². The normalized spacial score (nSPS) is 10.5. The zero-order chi connectivity index (χ0) is 18.2. The predicted octanol–water partition coefficient (Wildman–Crippen LogP) is 3.64. The van der Waals surface area contributed by atoms with E-state index < -0.39 is 0 Å². The van der Waals surface area contributed by atoms with Gasteiger partial charge in [-0.1, -0.05) is 24.3 Å². The van der Waals surface area contributed by atoms with Crippen LogP contribution in [-0.4, -0.2) is 29.0 Å². The van der Waals surface area contributed by atoms with Gasteiger partial charge in [-0.3, -0.25) is 9.78 Å². The summed E-state index contributed by atoms with van der Waals surface area (Å²) in [5.74, 6) is 0.774. The zero-order valence-electron chi connectivity index (χ0n) is 14.6. The third-order valence-corrected chi connectivity index (χ3v) is 5.03. The molecule has 0 aliphatic carbocycles. The average Bonchev–Trinajstić information content (AvgIpc) is 3.04. The van der Waals surface area contributed by atoms with Crippen molar-refractivity contribution in [1.82, 2.24) is 15.3 Å². The Labute approximate surface area is 157 Å². The highest BCUT2D eigenvalue weighted by Crippen LogP contribution is 2.26. The quantitative estimate of drug-likeness (QED) is 0.660. The molecule has 0 unspecified atom stereocenters. The maximum Gasteiger partial charge on any atom is 0.223 e. The molecule has 0 aliphatic rings. The van der Waals surface area contributed by atoms with Crippen LogP contribution in [0.5, 0.6) is 5.75 Å². The molecule has 134 valence electrons. The lowest BCUT2D eigenvalue weighted by Crippen LogP contribution is -2.27. The summed E-state index contributed by atoms with van der Waals surface area (Å²) in [5.41, 5.74) is 1.88. The Kier molecular flexibility index (Phi) is 6.33. The first-order valence-electron chi connectivity index (χ1n) is 8.54. The van der Waals surface area contributed by atoms with Crippen molar-refractivity contribution >= 4 is 17.2 Å². The maximum atomic E-state index is 11.9. The van der Waals surface area contributed by atoms with Crippen molar-refractivity contribution in [2.24, 2.45) is 0 Å². The number of thiazole rings is 1. The fraction of sp³-hybridized carbons (Fsp3) is 0.250. The van der Waals surface area contributed by atoms with Gasteiger partial charge in [0.2, 0.25) is 5.91 Å². The first-order valence-corrected chi connectivity index (χ1v) is 9.36. The van der Waals surface area contributed by atoms with Crippen molar-refractivity contribution in [2.45, 2.75) is 19.8 Å². The second kappa shape index (κ2) is 9.10. The van der Waals surface area contributed by atoms with Crippen LogP contribution in [0.2, 0.25) is 0 Å². The van der Waals surface area contributed by atoms with E-state index in [4.69, 9.17) is 4.74 Å². The number of pyridine rings is 1. The van der Waals surface area contributed by atoms with Crippen LogP contribution in [0.1, 0.15) is 17.0 Å². The fourth-order valence-corrected chi connectivity index (χ4v) is 3.48. The van der Waals surface area contributed by atoms with Gasteiger partial charge in [0.1, 0.15) is 10.8 Å². The SMILES string of the molecule is Cc1nc(-c2ccccn2)sc1CCNC(=O)CCOc1ccccc1. The number of rotatable bonds is 8. The highest BCUT2D eigenvalue weighted by Gasteiger charge is 2.10. The van der Waals surface area contributed by atoms with E-state index >= 15 is 0 Å². The lowest BCUT2D eigenvalue weighted by atomic mass is 10.3. The minimum absolute atomic E-state index is 0.00644. The van der Waals surface area contributed by atoms with E-state index in [-0.39, 0.29) is 5.91 Å². The number of hydrogen-bond acceptors (Lipinski definition) is 5. The van der Waals surface area contributed by atoms with Crippen LogP contribution in [-0.2, 0) is 11.2 Å². The summed E-state index contributed by atoms with van der Waals surface area (Å²) in [4.78, 5) is 22.0. The van der Waals surface area contributed by atoms with Crippen LogP contribution in [0.3, 0.4) is 0 Å². The monoisotopic (exact) mass is 367 g/mol. The van der Waals surface area contributed by atoms with Gasteiger partial charge < -0.3 is 10.1 Å². The summed E-state index contributed by atoms with van der Waals surface area (Å²) in [7, 11) is 0. The van der Waals surface area contributed by atoms with Crippen LogP contribution in [0.25, 0.3) is 10.7 Å². The van der Waals surface area contributed by atoms with Gasteiger partial charge in [0.05, 0.1) is 24.4 Å². The minimum Gasteiger partial charge on any atom is -0.493 e. The number of aryl methyl sites for hydroxylation is 1. The molecule has 1 N–H and O–H groups in total. The minimum atomic E-state index is -0.00644. The van der Waals surface area contributed by atoms with E-state index in [2.05, 4.69) is 15.3 Å². The molecule has 0 atom stereocenters. The summed E-state index contributed by atoms with van der Waals surface area (Å²) in [6.07, 6.45) is 2.88. The number of benzene rings is 1. The Morgan fingerprint density at radius 3 is 2.73 bits per heavy atom. The maximum absolute atomic E-state index is 11.9. The summed E-state index contributed by atoms with van der Waals surface area (Å²) >= 11 is 1.63. The molecule has 6 heteroatoms. The predicted molar refractivity (Wildman–Crippen MR) is 103 cm³/mol. The van der Waals surface area contributed by atoms with Crippen molar-refractivity contribution in [3.63, 3.8) is 0 Å². The van der Waals surface area contributed by atoms with Gasteiger partial charge in [0.15, 0.2) is 0 Å². The molecule has 0 spiro atoms. The van der Waals surface area contributed by atoms with Gasteiger partial charge in [0.25, 0.3) is 0 Å². The first kappa shape index (κ1) is 18.1. The van der Waals surface area contributed by atoms with Gasteiger partial charge >= 0.3 is 0 Å². The molecule has 5 nitrogen and oxygen atoms in total. The average molecular weight is 367 g/mol. The third kappa shape index (κ3) is 5.13. The number of carbonyl (C=O) groups excluding carboxylic acids is 1. The Hall–Kier alpha value is -2.73. The number of amides is 1. The number of ether oxygens (including phenoxy) is 1. The zero-order valence-corrected chi connectivity index (χ0v) is 15.5.